The van der Waals surface area contributed by atoms with Gasteiger partial charge in [-0.2, -0.15) is 5.10 Å². The van der Waals surface area contributed by atoms with Crippen LogP contribution in [0.15, 0.2) is 23.2 Å². The number of nitrogens with zero attached hydrogens (tertiary/aromatic N) is 4. The first-order valence-electron chi connectivity index (χ1n) is 11.3. The van der Waals surface area contributed by atoms with Crippen molar-refractivity contribution in [3.63, 3.8) is 0 Å². The second kappa shape index (κ2) is 11.4. The number of carbonyl (C=O) groups excluding carboxylic acids is 2. The molecule has 0 spiro atoms. The van der Waals surface area contributed by atoms with Gasteiger partial charge in [-0.25, -0.2) is 12.8 Å². The summed E-state index contributed by atoms with van der Waals surface area (Å²) >= 11 is 0. The molecule has 1 fully saturated rings. The molecule has 1 aromatic heterocycles. The van der Waals surface area contributed by atoms with Gasteiger partial charge >= 0.3 is 29.6 Å². The molecule has 0 aliphatic carbocycles. The fourth-order valence-corrected chi connectivity index (χ4v) is 4.53. The van der Waals surface area contributed by atoms with Gasteiger partial charge in [0.2, 0.25) is 10.0 Å². The molecule has 1 aliphatic rings. The van der Waals surface area contributed by atoms with Crippen molar-refractivity contribution in [2.45, 2.75) is 70.9 Å². The molecule has 186 valence electrons. The van der Waals surface area contributed by atoms with E-state index in [1.807, 2.05) is 27.7 Å². The molecule has 0 saturated carbocycles. The zero-order valence-corrected chi connectivity index (χ0v) is 24.1. The largest absolute Gasteiger partial charge is 1.00 e. The van der Waals surface area contributed by atoms with Gasteiger partial charge in [-0.3, -0.25) is 14.3 Å². The molecule has 0 bridgehead atoms. The molecule has 0 radical (unpaired) electrons. The first kappa shape index (κ1) is 29.3. The van der Waals surface area contributed by atoms with Gasteiger partial charge in [0.25, 0.3) is 5.91 Å². The molecule has 2 aromatic rings. The van der Waals surface area contributed by atoms with E-state index < -0.39 is 26.9 Å². The summed E-state index contributed by atoms with van der Waals surface area (Å²) in [5, 5.41) is 6.12. The Labute approximate surface area is 228 Å². The molecule has 35 heavy (non-hydrogen) atoms. The number of anilines is 1. The summed E-state index contributed by atoms with van der Waals surface area (Å²) in [7, 11) is -4.50. The number of amides is 3. The number of hydrogen-bond donors (Lipinski definition) is 1. The van der Waals surface area contributed by atoms with Crippen LogP contribution in [0, 0.1) is 5.82 Å². The quantitative estimate of drug-likeness (QED) is 0.567. The summed E-state index contributed by atoms with van der Waals surface area (Å²) in [5.41, 5.74) is 1.55. The number of hydrogen-bond acceptors (Lipinski definition) is 5. The molecule has 2 heterocycles. The average Bonchev–Trinajstić information content (AvgIpc) is 3.13. The van der Waals surface area contributed by atoms with Gasteiger partial charge < -0.3 is 14.9 Å². The SMILES string of the molecule is CC(C)c1cc(F)cc(C(C)C)c1NC(=O)[N-]S(=O)(=O)c1cc(C(=O)N2CCC2)n(C(C)C)n1.[Na+]. The van der Waals surface area contributed by atoms with E-state index >= 15 is 0 Å². The van der Waals surface area contributed by atoms with Gasteiger partial charge in [-0.15, -0.1) is 0 Å². The smallest absolute Gasteiger partial charge is 0.423 e. The number of urea groups is 1. The van der Waals surface area contributed by atoms with Gasteiger partial charge in [0.15, 0.2) is 11.1 Å². The molecule has 1 aliphatic heterocycles. The summed E-state index contributed by atoms with van der Waals surface area (Å²) in [4.78, 5) is 27.0. The minimum atomic E-state index is -4.50. The predicted molar refractivity (Wildman–Crippen MR) is 127 cm³/mol. The van der Waals surface area contributed by atoms with E-state index in [1.54, 1.807) is 18.7 Å². The van der Waals surface area contributed by atoms with E-state index in [0.29, 0.717) is 29.9 Å². The third kappa shape index (κ3) is 6.44. The van der Waals surface area contributed by atoms with E-state index in [4.69, 9.17) is 0 Å². The van der Waals surface area contributed by atoms with Crippen LogP contribution in [-0.2, 0) is 10.0 Å². The van der Waals surface area contributed by atoms with E-state index in [-0.39, 0.29) is 59.0 Å². The van der Waals surface area contributed by atoms with Crippen LogP contribution in [0.4, 0.5) is 14.9 Å². The maximum atomic E-state index is 14.1. The number of nitrogens with one attached hydrogen (secondary N) is 1. The van der Waals surface area contributed by atoms with Crippen LogP contribution in [0.2, 0.25) is 0 Å². The molecule has 0 atom stereocenters. The molecular formula is C23H31FN5NaO4S. The second-order valence-electron chi connectivity index (χ2n) is 9.32. The van der Waals surface area contributed by atoms with E-state index in [0.717, 1.165) is 12.5 Å². The number of halogens is 1. The Morgan fingerprint density at radius 1 is 1.03 bits per heavy atom. The summed E-state index contributed by atoms with van der Waals surface area (Å²) < 4.78 is 44.6. The van der Waals surface area contributed by atoms with Gasteiger partial charge in [0, 0.05) is 25.2 Å². The molecule has 1 saturated heterocycles. The van der Waals surface area contributed by atoms with Crippen molar-refractivity contribution in [3.8, 4) is 0 Å². The van der Waals surface area contributed by atoms with E-state index in [9.17, 15) is 22.4 Å². The van der Waals surface area contributed by atoms with Gasteiger partial charge in [-0.1, -0.05) is 27.7 Å². The number of carbonyl (C=O) groups is 2. The van der Waals surface area contributed by atoms with Crippen molar-refractivity contribution in [1.29, 1.82) is 0 Å². The van der Waals surface area contributed by atoms with Gasteiger partial charge in [0.05, 0.1) is 0 Å². The molecule has 1 N–H and O–H groups in total. The zero-order chi connectivity index (χ0) is 25.4. The van der Waals surface area contributed by atoms with Crippen LogP contribution in [0.5, 0.6) is 0 Å². The maximum absolute atomic E-state index is 14.1. The Hall–Kier alpha value is -1.95. The third-order valence-corrected chi connectivity index (χ3v) is 6.81. The summed E-state index contributed by atoms with van der Waals surface area (Å²) in [6, 6.07) is 2.39. The first-order chi connectivity index (χ1) is 15.8. The standard InChI is InChI=1S/C23H32FN5O4S.Na/c1-13(2)17-10-16(24)11-18(14(3)4)21(17)25-23(31)27-34(32,33)20-12-19(29(26-20)15(5)6)22(30)28-8-7-9-28;/h10-15H,7-9H2,1-6H3,(H2,25,27,31);/q;+1/p-1. The van der Waals surface area contributed by atoms with Crippen LogP contribution in [-0.4, -0.2) is 48.1 Å². The van der Waals surface area contributed by atoms with Crippen LogP contribution < -0.4 is 34.9 Å². The Balaban J connectivity index is 0.00000432. The Kier molecular flexibility index (Phi) is 9.54. The molecule has 0 unspecified atom stereocenters. The van der Waals surface area contributed by atoms with Crippen molar-refractivity contribution in [2.75, 3.05) is 18.4 Å². The number of sulfonamides is 1. The fourth-order valence-electron chi connectivity index (χ4n) is 3.72. The summed E-state index contributed by atoms with van der Waals surface area (Å²) in [6.07, 6.45) is 0.891. The van der Waals surface area contributed by atoms with Crippen LogP contribution in [0.25, 0.3) is 4.72 Å². The van der Waals surface area contributed by atoms with Crippen molar-refractivity contribution in [1.82, 2.24) is 14.7 Å². The number of rotatable bonds is 7. The monoisotopic (exact) mass is 515 g/mol. The molecule has 3 rings (SSSR count). The molecule has 1 aromatic carbocycles. The number of benzene rings is 1. The Morgan fingerprint density at radius 3 is 2.00 bits per heavy atom. The van der Waals surface area contributed by atoms with Crippen LogP contribution >= 0.6 is 0 Å². The molecular weight excluding hydrogens is 484 g/mol. The van der Waals surface area contributed by atoms with Gasteiger partial charge in [-0.05, 0) is 61.1 Å². The van der Waals surface area contributed by atoms with Gasteiger partial charge in [0.1, 0.15) is 11.5 Å². The summed E-state index contributed by atoms with van der Waals surface area (Å²) in [6.45, 7) is 12.1. The second-order valence-corrected chi connectivity index (χ2v) is 10.9. The van der Waals surface area contributed by atoms with Crippen LogP contribution in [0.1, 0.15) is 87.5 Å². The minimum absolute atomic E-state index is 0. The fraction of sp³-hybridized carbons (Fsp3) is 0.522. The zero-order valence-electron chi connectivity index (χ0n) is 21.3. The summed E-state index contributed by atoms with van der Waals surface area (Å²) in [5.74, 6) is -1.00. The molecule has 12 heteroatoms. The van der Waals surface area contributed by atoms with E-state index in [2.05, 4.69) is 15.1 Å². The van der Waals surface area contributed by atoms with Crippen molar-refractivity contribution in [3.05, 3.63) is 45.6 Å². The normalized spacial score (nSPS) is 13.6. The number of likely N-dealkylation sites (tertiary alicyclic amines) is 1. The first-order valence-corrected chi connectivity index (χ1v) is 12.8. The van der Waals surface area contributed by atoms with Crippen molar-refractivity contribution in [2.24, 2.45) is 0 Å². The Morgan fingerprint density at radius 2 is 1.57 bits per heavy atom. The topological polar surface area (TPSA) is 115 Å². The maximum Gasteiger partial charge on any atom is 1.00 e. The molecule has 9 nitrogen and oxygen atoms in total. The van der Waals surface area contributed by atoms with Crippen molar-refractivity contribution >= 4 is 27.6 Å². The average molecular weight is 516 g/mol. The van der Waals surface area contributed by atoms with Crippen molar-refractivity contribution < 1.29 is 52.0 Å². The van der Waals surface area contributed by atoms with E-state index in [1.165, 1.54) is 16.8 Å². The van der Waals surface area contributed by atoms with Crippen LogP contribution in [0.3, 0.4) is 0 Å². The number of aromatic nitrogens is 2. The predicted octanol–water partition coefficient (Wildman–Crippen LogP) is 1.99. The third-order valence-electron chi connectivity index (χ3n) is 5.67. The minimum Gasteiger partial charge on any atom is -0.423 e. The molecule has 3 amide bonds. The Bertz CT molecular complexity index is 1180.